The average molecular weight is 878 g/mol. The summed E-state index contributed by atoms with van der Waals surface area (Å²) in [6, 6.07) is 1.94. The van der Waals surface area contributed by atoms with Crippen molar-refractivity contribution in [2.45, 2.75) is 142 Å². The molecule has 0 radical (unpaired) electrons. The smallest absolute Gasteiger partial charge is 0.246 e. The third-order valence-corrected chi connectivity index (χ3v) is 13.1. The molecule has 18 heteroatoms. The molecule has 4 aliphatic rings. The van der Waals surface area contributed by atoms with Crippen LogP contribution in [-0.4, -0.2) is 143 Å². The lowest BCUT2D eigenvalue weighted by Crippen LogP contribution is -2.61. The molecule has 0 spiro atoms. The lowest BCUT2D eigenvalue weighted by molar-refractivity contribution is -0.147. The zero-order valence-electron chi connectivity index (χ0n) is 37.6. The predicted octanol–water partition coefficient (Wildman–Crippen LogP) is 0.136. The molecule has 9 unspecified atom stereocenters. The maximum Gasteiger partial charge on any atom is 0.246 e. The van der Waals surface area contributed by atoms with E-state index in [0.29, 0.717) is 51.4 Å². The molecular formula is C45H67N9O9. The lowest BCUT2D eigenvalue weighted by atomic mass is 9.95. The summed E-state index contributed by atoms with van der Waals surface area (Å²) in [7, 11) is 0. The molecule has 9 amide bonds. The Bertz CT molecular complexity index is 1860. The maximum atomic E-state index is 14.2. The van der Waals surface area contributed by atoms with Gasteiger partial charge < -0.3 is 46.6 Å². The number of amides is 9. The number of hydrogen-bond acceptors (Lipinski definition) is 9. The van der Waals surface area contributed by atoms with Gasteiger partial charge in [0.05, 0.1) is 13.1 Å². The van der Waals surface area contributed by atoms with E-state index >= 15 is 0 Å². The summed E-state index contributed by atoms with van der Waals surface area (Å²) in [4.78, 5) is 129. The van der Waals surface area contributed by atoms with E-state index in [4.69, 9.17) is 0 Å². The van der Waals surface area contributed by atoms with Gasteiger partial charge in [-0.25, -0.2) is 0 Å². The molecule has 18 nitrogen and oxygen atoms in total. The van der Waals surface area contributed by atoms with Crippen LogP contribution < -0.4 is 31.9 Å². The largest absolute Gasteiger partial charge is 0.345 e. The second kappa shape index (κ2) is 22.2. The number of carbonyl (C=O) groups is 9. The summed E-state index contributed by atoms with van der Waals surface area (Å²) in [6.45, 7) is 10.7. The molecule has 6 N–H and O–H groups in total. The Kier molecular flexibility index (Phi) is 17.1. The Morgan fingerprint density at radius 2 is 0.968 bits per heavy atom. The Labute approximate surface area is 370 Å². The van der Waals surface area contributed by atoms with Gasteiger partial charge in [-0.3, -0.25) is 43.2 Å². The SMILES string of the molecule is CCC(C)C1NC(=O)C(C(C)C)NC(=O)C2CCCN2C(=O)CNC(=O)C(C(C)CC)NC(=O)C2CCCN2C(=O)C2CCCN2C(=O)CNC(=O)C(Cc2ccccc2)NC1=O. The first-order chi connectivity index (χ1) is 30.1. The highest BCUT2D eigenvalue weighted by Crippen LogP contribution is 2.26. The van der Waals surface area contributed by atoms with Crippen molar-refractivity contribution in [2.75, 3.05) is 32.7 Å². The van der Waals surface area contributed by atoms with E-state index in [0.717, 1.165) is 5.56 Å². The topological polar surface area (TPSA) is 236 Å². The molecule has 4 aliphatic heterocycles. The molecule has 0 saturated carbocycles. The van der Waals surface area contributed by atoms with Crippen molar-refractivity contribution in [1.82, 2.24) is 46.6 Å². The number of carbonyl (C=O) groups excluding carboxylic acids is 9. The number of nitrogens with zero attached hydrogens (tertiary/aromatic N) is 3. The van der Waals surface area contributed by atoms with Gasteiger partial charge in [0, 0.05) is 26.1 Å². The van der Waals surface area contributed by atoms with Crippen LogP contribution in [0.4, 0.5) is 0 Å². The molecular weight excluding hydrogens is 811 g/mol. The molecule has 0 aromatic heterocycles. The van der Waals surface area contributed by atoms with E-state index in [-0.39, 0.29) is 32.0 Å². The van der Waals surface area contributed by atoms with E-state index in [9.17, 15) is 43.2 Å². The standard InChI is InChI=1S/C45H67N9O9/c1-7-27(5)37-42(60)47-25-34(55)52-20-12-17-31(52)40(58)49-36(26(3)4)43(61)51-38(28(6)8-2)44(62)48-30(23-29-15-10-9-11-16-29)39(57)46-24-35(56)53-21-14-19-33(53)45(63)54-22-13-18-32(54)41(59)50-37/h9-11,15-16,26-28,30-33,36-38H,7-8,12-14,17-25H2,1-6H3,(H,46,57)(H,47,60)(H,48,62)(H,49,58)(H,50,59)(H,51,61). The van der Waals surface area contributed by atoms with Crippen LogP contribution in [0.25, 0.3) is 0 Å². The molecule has 0 aliphatic carbocycles. The van der Waals surface area contributed by atoms with Crippen LogP contribution in [0.5, 0.6) is 0 Å². The molecule has 4 fully saturated rings. The third kappa shape index (κ3) is 11.9. The van der Waals surface area contributed by atoms with E-state index in [1.165, 1.54) is 14.7 Å². The van der Waals surface area contributed by atoms with Gasteiger partial charge in [0.25, 0.3) is 0 Å². The van der Waals surface area contributed by atoms with Crippen LogP contribution >= 0.6 is 0 Å². The third-order valence-electron chi connectivity index (χ3n) is 13.1. The molecule has 9 atom stereocenters. The first-order valence-corrected chi connectivity index (χ1v) is 22.8. The summed E-state index contributed by atoms with van der Waals surface area (Å²) in [5.74, 6) is -6.15. The van der Waals surface area contributed by atoms with Crippen LogP contribution in [0.1, 0.15) is 98.5 Å². The first-order valence-electron chi connectivity index (χ1n) is 22.8. The van der Waals surface area contributed by atoms with Crippen molar-refractivity contribution in [3.05, 3.63) is 35.9 Å². The van der Waals surface area contributed by atoms with Crippen LogP contribution in [0, 0.1) is 17.8 Å². The number of benzene rings is 1. The number of nitrogens with one attached hydrogen (secondary N) is 6. The molecule has 5 rings (SSSR count). The predicted molar refractivity (Wildman–Crippen MR) is 232 cm³/mol. The van der Waals surface area contributed by atoms with Crippen LogP contribution in [-0.2, 0) is 49.6 Å². The number of hydrogen-bond donors (Lipinski definition) is 6. The minimum absolute atomic E-state index is 0.0668. The van der Waals surface area contributed by atoms with Crippen molar-refractivity contribution >= 4 is 53.2 Å². The van der Waals surface area contributed by atoms with E-state index in [2.05, 4.69) is 31.9 Å². The first kappa shape index (κ1) is 48.5. The minimum atomic E-state index is -1.16. The molecule has 63 heavy (non-hydrogen) atoms. The Hall–Kier alpha value is -5.55. The van der Waals surface area contributed by atoms with Crippen LogP contribution in [0.15, 0.2) is 30.3 Å². The van der Waals surface area contributed by atoms with Gasteiger partial charge >= 0.3 is 0 Å². The van der Waals surface area contributed by atoms with Crippen LogP contribution in [0.2, 0.25) is 0 Å². The van der Waals surface area contributed by atoms with Crippen molar-refractivity contribution in [3.8, 4) is 0 Å². The van der Waals surface area contributed by atoms with Crippen molar-refractivity contribution in [3.63, 3.8) is 0 Å². The van der Waals surface area contributed by atoms with Gasteiger partial charge in [0.1, 0.15) is 42.3 Å². The fraction of sp³-hybridized carbons (Fsp3) is 0.667. The van der Waals surface area contributed by atoms with Crippen LogP contribution in [0.3, 0.4) is 0 Å². The molecule has 1 aromatic rings. The number of fused-ring (bicyclic) bond motifs is 3. The fourth-order valence-corrected chi connectivity index (χ4v) is 8.92. The number of rotatable bonds is 7. The monoisotopic (exact) mass is 878 g/mol. The summed E-state index contributed by atoms with van der Waals surface area (Å²) in [5, 5.41) is 16.6. The van der Waals surface area contributed by atoms with E-state index < -0.39 is 120 Å². The molecule has 4 heterocycles. The van der Waals surface area contributed by atoms with Gasteiger partial charge in [0.15, 0.2) is 0 Å². The van der Waals surface area contributed by atoms with Gasteiger partial charge in [-0.1, -0.05) is 84.7 Å². The average Bonchev–Trinajstić information content (AvgIpc) is 4.08. The Morgan fingerprint density at radius 3 is 1.52 bits per heavy atom. The Morgan fingerprint density at radius 1 is 0.524 bits per heavy atom. The highest BCUT2D eigenvalue weighted by molar-refractivity contribution is 5.99. The van der Waals surface area contributed by atoms with E-state index in [1.807, 2.05) is 19.9 Å². The highest BCUT2D eigenvalue weighted by atomic mass is 16.2. The van der Waals surface area contributed by atoms with Crippen molar-refractivity contribution < 1.29 is 43.2 Å². The quantitative estimate of drug-likeness (QED) is 0.218. The molecule has 4 saturated heterocycles. The maximum absolute atomic E-state index is 14.2. The normalized spacial score (nSPS) is 28.8. The summed E-state index contributed by atoms with van der Waals surface area (Å²) in [6.07, 6.45) is 3.69. The van der Waals surface area contributed by atoms with Crippen molar-refractivity contribution in [1.29, 1.82) is 0 Å². The molecule has 346 valence electrons. The zero-order chi connectivity index (χ0) is 46.0. The van der Waals surface area contributed by atoms with Gasteiger partial charge in [-0.2, -0.15) is 0 Å². The van der Waals surface area contributed by atoms with Gasteiger partial charge in [-0.05, 0) is 61.8 Å². The van der Waals surface area contributed by atoms with Crippen molar-refractivity contribution in [2.24, 2.45) is 17.8 Å². The summed E-state index contributed by atoms with van der Waals surface area (Å²) in [5.41, 5.74) is 0.732. The van der Waals surface area contributed by atoms with E-state index in [1.54, 1.807) is 52.0 Å². The van der Waals surface area contributed by atoms with Gasteiger partial charge in [0.2, 0.25) is 53.2 Å². The molecule has 1 aromatic carbocycles. The molecule has 0 bridgehead atoms. The zero-order valence-corrected chi connectivity index (χ0v) is 37.6. The summed E-state index contributed by atoms with van der Waals surface area (Å²) < 4.78 is 0. The second-order valence-corrected chi connectivity index (χ2v) is 17.8. The summed E-state index contributed by atoms with van der Waals surface area (Å²) >= 11 is 0. The Balaban J connectivity index is 1.46. The lowest BCUT2D eigenvalue weighted by Gasteiger charge is -2.32. The fourth-order valence-electron chi connectivity index (χ4n) is 8.92. The second-order valence-electron chi connectivity index (χ2n) is 17.8. The highest BCUT2D eigenvalue weighted by Gasteiger charge is 2.44. The van der Waals surface area contributed by atoms with Gasteiger partial charge in [-0.15, -0.1) is 0 Å². The minimum Gasteiger partial charge on any atom is -0.345 e.